The van der Waals surface area contributed by atoms with Gasteiger partial charge in [-0.3, -0.25) is 0 Å². The van der Waals surface area contributed by atoms with Crippen molar-refractivity contribution in [3.05, 3.63) is 36.0 Å². The van der Waals surface area contributed by atoms with E-state index >= 15 is 0 Å². The van der Waals surface area contributed by atoms with E-state index in [9.17, 15) is 4.39 Å². The fraction of sp³-hybridized carbons (Fsp3) is 0.273. The van der Waals surface area contributed by atoms with Crippen LogP contribution in [-0.2, 0) is 0 Å². The van der Waals surface area contributed by atoms with E-state index < -0.39 is 0 Å². The lowest BCUT2D eigenvalue weighted by Gasteiger charge is -2.07. The van der Waals surface area contributed by atoms with E-state index in [1.165, 1.54) is 18.5 Å². The maximum Gasteiger partial charge on any atom is 0.124 e. The van der Waals surface area contributed by atoms with Gasteiger partial charge in [-0.15, -0.1) is 0 Å². The van der Waals surface area contributed by atoms with Crippen LogP contribution in [0.4, 0.5) is 4.39 Å². The number of nitrogens with zero attached hydrogens (tertiary/aromatic N) is 2. The zero-order chi connectivity index (χ0) is 10.1. The van der Waals surface area contributed by atoms with Crippen LogP contribution in [0.15, 0.2) is 24.5 Å². The zero-order valence-corrected chi connectivity index (χ0v) is 8.16. The molecule has 3 heteroatoms. The van der Waals surface area contributed by atoms with Crippen molar-refractivity contribution in [2.75, 3.05) is 0 Å². The van der Waals surface area contributed by atoms with Crippen molar-refractivity contribution in [3.8, 4) is 0 Å². The molecule has 1 aromatic carbocycles. The fourth-order valence-electron chi connectivity index (χ4n) is 1.51. The molecular formula is C11H11FN2. The van der Waals surface area contributed by atoms with E-state index in [1.54, 1.807) is 6.07 Å². The Labute approximate surface area is 81.8 Å². The van der Waals surface area contributed by atoms with E-state index in [0.29, 0.717) is 0 Å². The highest BCUT2D eigenvalue weighted by Crippen LogP contribution is 2.21. The molecule has 0 bridgehead atoms. The number of fused-ring (bicyclic) bond motifs is 1. The summed E-state index contributed by atoms with van der Waals surface area (Å²) in [6.45, 7) is 4.07. The second kappa shape index (κ2) is 3.33. The van der Waals surface area contributed by atoms with E-state index in [4.69, 9.17) is 0 Å². The van der Waals surface area contributed by atoms with Crippen molar-refractivity contribution in [1.82, 2.24) is 9.97 Å². The maximum atomic E-state index is 13.0. The summed E-state index contributed by atoms with van der Waals surface area (Å²) in [5.74, 6) is 0.0384. The van der Waals surface area contributed by atoms with Gasteiger partial charge >= 0.3 is 0 Å². The second-order valence-electron chi connectivity index (χ2n) is 3.58. The first-order valence-electron chi connectivity index (χ1n) is 4.58. The minimum atomic E-state index is -0.241. The van der Waals surface area contributed by atoms with Gasteiger partial charge in [0, 0.05) is 5.39 Å². The average Bonchev–Trinajstić information content (AvgIpc) is 2.16. The molecule has 0 fully saturated rings. The van der Waals surface area contributed by atoms with E-state index in [2.05, 4.69) is 9.97 Å². The Morgan fingerprint density at radius 1 is 1.21 bits per heavy atom. The third-order valence-electron chi connectivity index (χ3n) is 2.18. The van der Waals surface area contributed by atoms with Crippen molar-refractivity contribution in [3.63, 3.8) is 0 Å². The standard InChI is InChI=1S/C11H11FN2/c1-7(2)11-9-5-8(12)3-4-10(9)13-6-14-11/h3-7H,1-2H3. The van der Waals surface area contributed by atoms with Gasteiger partial charge < -0.3 is 0 Å². The van der Waals surface area contributed by atoms with Crippen molar-refractivity contribution in [2.24, 2.45) is 0 Å². The van der Waals surface area contributed by atoms with Gasteiger partial charge in [0.2, 0.25) is 0 Å². The van der Waals surface area contributed by atoms with Gasteiger partial charge in [-0.1, -0.05) is 13.8 Å². The summed E-state index contributed by atoms with van der Waals surface area (Å²) in [7, 11) is 0. The fourth-order valence-corrected chi connectivity index (χ4v) is 1.51. The Hall–Kier alpha value is -1.51. The van der Waals surface area contributed by atoms with Gasteiger partial charge in [-0.25, -0.2) is 14.4 Å². The minimum Gasteiger partial charge on any atom is -0.240 e. The normalized spacial score (nSPS) is 11.1. The molecule has 0 aliphatic heterocycles. The molecule has 0 atom stereocenters. The van der Waals surface area contributed by atoms with E-state index in [-0.39, 0.29) is 11.7 Å². The monoisotopic (exact) mass is 190 g/mol. The van der Waals surface area contributed by atoms with Crippen LogP contribution in [0.1, 0.15) is 25.5 Å². The summed E-state index contributed by atoms with van der Waals surface area (Å²) in [5, 5.41) is 0.808. The lowest BCUT2D eigenvalue weighted by molar-refractivity contribution is 0.629. The molecule has 0 aliphatic carbocycles. The summed E-state index contributed by atoms with van der Waals surface area (Å²) in [5.41, 5.74) is 1.69. The van der Waals surface area contributed by atoms with Gasteiger partial charge in [0.1, 0.15) is 12.1 Å². The van der Waals surface area contributed by atoms with Crippen LogP contribution in [0.25, 0.3) is 10.9 Å². The molecule has 0 saturated heterocycles. The first kappa shape index (κ1) is 9.06. The van der Waals surface area contributed by atoms with Crippen LogP contribution >= 0.6 is 0 Å². The Morgan fingerprint density at radius 2 is 2.00 bits per heavy atom. The molecule has 0 spiro atoms. The molecule has 14 heavy (non-hydrogen) atoms. The molecule has 0 unspecified atom stereocenters. The molecule has 0 amide bonds. The van der Waals surface area contributed by atoms with Gasteiger partial charge in [0.05, 0.1) is 11.2 Å². The molecule has 0 saturated carbocycles. The molecular weight excluding hydrogens is 179 g/mol. The quantitative estimate of drug-likeness (QED) is 0.691. The molecule has 0 radical (unpaired) electrons. The molecule has 1 aromatic heterocycles. The van der Waals surface area contributed by atoms with Crippen LogP contribution < -0.4 is 0 Å². The molecule has 2 nitrogen and oxygen atoms in total. The van der Waals surface area contributed by atoms with Crippen LogP contribution in [0.5, 0.6) is 0 Å². The number of aromatic nitrogens is 2. The smallest absolute Gasteiger partial charge is 0.124 e. The van der Waals surface area contributed by atoms with E-state index in [0.717, 1.165) is 16.6 Å². The number of benzene rings is 1. The third-order valence-corrected chi connectivity index (χ3v) is 2.18. The first-order chi connectivity index (χ1) is 6.68. The second-order valence-corrected chi connectivity index (χ2v) is 3.58. The van der Waals surface area contributed by atoms with Gasteiger partial charge in [0.15, 0.2) is 0 Å². The van der Waals surface area contributed by atoms with Crippen LogP contribution in [0.3, 0.4) is 0 Å². The Balaban J connectivity index is 2.77. The topological polar surface area (TPSA) is 25.8 Å². The number of hydrogen-bond donors (Lipinski definition) is 0. The highest BCUT2D eigenvalue weighted by molar-refractivity contribution is 5.81. The summed E-state index contributed by atoms with van der Waals surface area (Å²) < 4.78 is 13.0. The molecule has 0 N–H and O–H groups in total. The van der Waals surface area contributed by atoms with Gasteiger partial charge in [-0.05, 0) is 24.1 Å². The number of halogens is 1. The third kappa shape index (κ3) is 1.45. The Bertz CT molecular complexity index is 466. The molecule has 72 valence electrons. The maximum absolute atomic E-state index is 13.0. The van der Waals surface area contributed by atoms with Crippen LogP contribution in [0.2, 0.25) is 0 Å². The number of rotatable bonds is 1. The Morgan fingerprint density at radius 3 is 2.71 bits per heavy atom. The summed E-state index contributed by atoms with van der Waals surface area (Å²) in [4.78, 5) is 8.26. The van der Waals surface area contributed by atoms with Crippen molar-refractivity contribution in [1.29, 1.82) is 0 Å². The SMILES string of the molecule is CC(C)c1ncnc2ccc(F)cc12. The van der Waals surface area contributed by atoms with Crippen molar-refractivity contribution in [2.45, 2.75) is 19.8 Å². The van der Waals surface area contributed by atoms with Gasteiger partial charge in [-0.2, -0.15) is 0 Å². The molecule has 2 rings (SSSR count). The zero-order valence-electron chi connectivity index (χ0n) is 8.16. The van der Waals surface area contributed by atoms with Crippen LogP contribution in [0, 0.1) is 5.82 Å². The largest absolute Gasteiger partial charge is 0.240 e. The lowest BCUT2D eigenvalue weighted by atomic mass is 10.0. The molecule has 0 aliphatic rings. The highest BCUT2D eigenvalue weighted by atomic mass is 19.1. The van der Waals surface area contributed by atoms with Crippen molar-refractivity contribution < 1.29 is 4.39 Å². The molecule has 1 heterocycles. The van der Waals surface area contributed by atoms with Crippen molar-refractivity contribution >= 4 is 10.9 Å². The highest BCUT2D eigenvalue weighted by Gasteiger charge is 2.07. The van der Waals surface area contributed by atoms with Crippen LogP contribution in [-0.4, -0.2) is 9.97 Å². The predicted octanol–water partition coefficient (Wildman–Crippen LogP) is 2.89. The van der Waals surface area contributed by atoms with Gasteiger partial charge in [0.25, 0.3) is 0 Å². The molecule has 2 aromatic rings. The summed E-state index contributed by atoms with van der Waals surface area (Å²) >= 11 is 0. The lowest BCUT2D eigenvalue weighted by Crippen LogP contribution is -1.95. The summed E-state index contributed by atoms with van der Waals surface area (Å²) in [6, 6.07) is 4.59. The number of hydrogen-bond acceptors (Lipinski definition) is 2. The average molecular weight is 190 g/mol. The Kier molecular flexibility index (Phi) is 2.15. The van der Waals surface area contributed by atoms with E-state index in [1.807, 2.05) is 13.8 Å². The summed E-state index contributed by atoms with van der Waals surface area (Å²) in [6.07, 6.45) is 1.52. The first-order valence-corrected chi connectivity index (χ1v) is 4.58. The predicted molar refractivity (Wildman–Crippen MR) is 53.6 cm³/mol. The minimum absolute atomic E-state index is 0.241.